The summed E-state index contributed by atoms with van der Waals surface area (Å²) in [6.07, 6.45) is 0.892. The molecule has 4 rings (SSSR count). The topological polar surface area (TPSA) is 96.4 Å². The molecule has 0 atom stereocenters. The second-order valence-corrected chi connectivity index (χ2v) is 10.2. The van der Waals surface area contributed by atoms with E-state index in [1.807, 2.05) is 24.3 Å². The third-order valence-electron chi connectivity index (χ3n) is 5.25. The first-order valence-electron chi connectivity index (χ1n) is 9.62. The molecule has 0 saturated carbocycles. The zero-order chi connectivity index (χ0) is 21.3. The van der Waals surface area contributed by atoms with Crippen molar-refractivity contribution in [1.82, 2.24) is 9.29 Å². The van der Waals surface area contributed by atoms with Gasteiger partial charge in [0.2, 0.25) is 15.9 Å². The summed E-state index contributed by atoms with van der Waals surface area (Å²) in [4.78, 5) is 28.6. The standard InChI is InChI=1S/C21H21N3O4S2/c1-14(25)15-6-8-17(9-7-15)30(27,28)24-12-10-16(11-13-24)20(26)23-21-22-18-4-2-3-5-19(18)29-21/h2-9,16H,10-13H2,1H3,(H,22,23,26). The van der Waals surface area contributed by atoms with E-state index in [0.717, 1.165) is 10.2 Å². The number of para-hydroxylation sites is 1. The third kappa shape index (κ3) is 4.14. The largest absolute Gasteiger partial charge is 0.302 e. The summed E-state index contributed by atoms with van der Waals surface area (Å²) in [7, 11) is -3.65. The van der Waals surface area contributed by atoms with Crippen molar-refractivity contribution in [2.24, 2.45) is 5.92 Å². The smallest absolute Gasteiger partial charge is 0.243 e. The molecule has 1 fully saturated rings. The van der Waals surface area contributed by atoms with Crippen LogP contribution < -0.4 is 5.32 Å². The summed E-state index contributed by atoms with van der Waals surface area (Å²) in [5.74, 6) is -0.501. The summed E-state index contributed by atoms with van der Waals surface area (Å²) >= 11 is 1.42. The molecular weight excluding hydrogens is 422 g/mol. The third-order valence-corrected chi connectivity index (χ3v) is 8.11. The van der Waals surface area contributed by atoms with Crippen molar-refractivity contribution in [3.63, 3.8) is 0 Å². The molecule has 0 aliphatic carbocycles. The molecule has 1 saturated heterocycles. The molecule has 30 heavy (non-hydrogen) atoms. The quantitative estimate of drug-likeness (QED) is 0.609. The molecule has 0 radical (unpaired) electrons. The zero-order valence-electron chi connectivity index (χ0n) is 16.4. The second-order valence-electron chi connectivity index (χ2n) is 7.23. The highest BCUT2D eigenvalue weighted by atomic mass is 32.2. The molecule has 1 aromatic heterocycles. The molecule has 1 aliphatic rings. The number of carbonyl (C=O) groups is 2. The lowest BCUT2D eigenvalue weighted by Crippen LogP contribution is -2.41. The Bertz CT molecular complexity index is 1160. The van der Waals surface area contributed by atoms with Crippen molar-refractivity contribution in [2.75, 3.05) is 18.4 Å². The first-order chi connectivity index (χ1) is 14.3. The fourth-order valence-corrected chi connectivity index (χ4v) is 5.84. The van der Waals surface area contributed by atoms with Crippen LogP contribution in [0.1, 0.15) is 30.1 Å². The van der Waals surface area contributed by atoms with E-state index in [-0.39, 0.29) is 35.6 Å². The Balaban J connectivity index is 1.38. The Morgan fingerprint density at radius 2 is 1.73 bits per heavy atom. The van der Waals surface area contributed by atoms with Crippen LogP contribution in [0.2, 0.25) is 0 Å². The number of nitrogens with one attached hydrogen (secondary N) is 1. The van der Waals surface area contributed by atoms with Crippen LogP contribution in [-0.2, 0) is 14.8 Å². The maximum atomic E-state index is 12.9. The van der Waals surface area contributed by atoms with Crippen LogP contribution in [0.4, 0.5) is 5.13 Å². The van der Waals surface area contributed by atoms with E-state index in [1.165, 1.54) is 46.8 Å². The number of hydrogen-bond acceptors (Lipinski definition) is 6. The molecule has 0 unspecified atom stereocenters. The van der Waals surface area contributed by atoms with Gasteiger partial charge in [-0.2, -0.15) is 4.31 Å². The highest BCUT2D eigenvalue weighted by Crippen LogP contribution is 2.28. The zero-order valence-corrected chi connectivity index (χ0v) is 18.0. The van der Waals surface area contributed by atoms with E-state index >= 15 is 0 Å². The van der Waals surface area contributed by atoms with Gasteiger partial charge in [0.05, 0.1) is 15.1 Å². The lowest BCUT2D eigenvalue weighted by Gasteiger charge is -2.30. The number of amides is 1. The SMILES string of the molecule is CC(=O)c1ccc(S(=O)(=O)N2CCC(C(=O)Nc3nc4ccccc4s3)CC2)cc1. The number of anilines is 1. The maximum Gasteiger partial charge on any atom is 0.243 e. The van der Waals surface area contributed by atoms with Gasteiger partial charge in [0.25, 0.3) is 0 Å². The number of piperidine rings is 1. The molecule has 1 amide bonds. The molecule has 3 aromatic rings. The minimum atomic E-state index is -3.65. The number of benzene rings is 2. The lowest BCUT2D eigenvalue weighted by atomic mass is 9.97. The van der Waals surface area contributed by atoms with E-state index < -0.39 is 10.0 Å². The van der Waals surface area contributed by atoms with Crippen LogP contribution in [0, 0.1) is 5.92 Å². The van der Waals surface area contributed by atoms with Gasteiger partial charge in [-0.3, -0.25) is 9.59 Å². The molecule has 0 spiro atoms. The van der Waals surface area contributed by atoms with Gasteiger partial charge in [0, 0.05) is 24.6 Å². The van der Waals surface area contributed by atoms with Crippen LogP contribution in [0.25, 0.3) is 10.2 Å². The maximum absolute atomic E-state index is 12.9. The van der Waals surface area contributed by atoms with Crippen molar-refractivity contribution in [2.45, 2.75) is 24.7 Å². The Labute approximate surface area is 178 Å². The average Bonchev–Trinajstić information content (AvgIpc) is 3.16. The van der Waals surface area contributed by atoms with Crippen molar-refractivity contribution in [3.05, 3.63) is 54.1 Å². The number of carbonyl (C=O) groups excluding carboxylic acids is 2. The summed E-state index contributed by atoms with van der Waals surface area (Å²) in [5, 5.41) is 3.43. The lowest BCUT2D eigenvalue weighted by molar-refractivity contribution is -0.120. The van der Waals surface area contributed by atoms with Gasteiger partial charge in [0.1, 0.15) is 0 Å². The monoisotopic (exact) mass is 443 g/mol. The van der Waals surface area contributed by atoms with Crippen molar-refractivity contribution < 1.29 is 18.0 Å². The molecular formula is C21H21N3O4S2. The van der Waals surface area contributed by atoms with Gasteiger partial charge in [-0.25, -0.2) is 13.4 Å². The number of fused-ring (bicyclic) bond motifs is 1. The minimum absolute atomic E-state index is 0.112. The van der Waals surface area contributed by atoms with Gasteiger partial charge in [-0.15, -0.1) is 0 Å². The Hall–Kier alpha value is -2.62. The first-order valence-corrected chi connectivity index (χ1v) is 11.9. The number of hydrogen-bond donors (Lipinski definition) is 1. The molecule has 1 N–H and O–H groups in total. The first kappa shape index (κ1) is 20.6. The van der Waals surface area contributed by atoms with Crippen molar-refractivity contribution in [3.8, 4) is 0 Å². The number of Topliss-reactive ketones (excluding diaryl/α,β-unsaturated/α-hetero) is 1. The van der Waals surface area contributed by atoms with Crippen LogP contribution in [0.5, 0.6) is 0 Å². The molecule has 2 aromatic carbocycles. The summed E-state index contributed by atoms with van der Waals surface area (Å²) in [6.45, 7) is 1.98. The van der Waals surface area contributed by atoms with Gasteiger partial charge < -0.3 is 5.32 Å². The summed E-state index contributed by atoms with van der Waals surface area (Å²) < 4.78 is 28.1. The molecule has 2 heterocycles. The van der Waals surface area contributed by atoms with Crippen LogP contribution >= 0.6 is 11.3 Å². The van der Waals surface area contributed by atoms with E-state index in [4.69, 9.17) is 0 Å². The normalized spacial score (nSPS) is 15.9. The number of ketones is 1. The Kier molecular flexibility index (Phi) is 5.68. The molecule has 7 nitrogen and oxygen atoms in total. The minimum Gasteiger partial charge on any atom is -0.302 e. The molecule has 9 heteroatoms. The van der Waals surface area contributed by atoms with E-state index in [1.54, 1.807) is 0 Å². The van der Waals surface area contributed by atoms with Gasteiger partial charge in [0.15, 0.2) is 10.9 Å². The fraction of sp³-hybridized carbons (Fsp3) is 0.286. The highest BCUT2D eigenvalue weighted by Gasteiger charge is 2.32. The summed E-state index contributed by atoms with van der Waals surface area (Å²) in [6, 6.07) is 13.6. The molecule has 0 bridgehead atoms. The summed E-state index contributed by atoms with van der Waals surface area (Å²) in [5.41, 5.74) is 1.31. The van der Waals surface area contributed by atoms with Crippen molar-refractivity contribution >= 4 is 48.4 Å². The van der Waals surface area contributed by atoms with E-state index in [9.17, 15) is 18.0 Å². The number of aromatic nitrogens is 1. The van der Waals surface area contributed by atoms with Crippen LogP contribution in [-0.4, -0.2) is 42.5 Å². The fourth-order valence-electron chi connectivity index (χ4n) is 3.50. The highest BCUT2D eigenvalue weighted by molar-refractivity contribution is 7.89. The van der Waals surface area contributed by atoms with Gasteiger partial charge in [-0.1, -0.05) is 35.6 Å². The molecule has 156 valence electrons. The number of nitrogens with zero attached hydrogens (tertiary/aromatic N) is 2. The second kappa shape index (κ2) is 8.25. The van der Waals surface area contributed by atoms with Crippen LogP contribution in [0.15, 0.2) is 53.4 Å². The average molecular weight is 444 g/mol. The predicted molar refractivity (Wildman–Crippen MR) is 116 cm³/mol. The number of rotatable bonds is 5. The predicted octanol–water partition coefficient (Wildman–Crippen LogP) is 3.54. The molecule has 1 aliphatic heterocycles. The number of thiazole rings is 1. The van der Waals surface area contributed by atoms with E-state index in [0.29, 0.717) is 23.5 Å². The Morgan fingerprint density at radius 1 is 1.07 bits per heavy atom. The number of sulfonamides is 1. The van der Waals surface area contributed by atoms with Crippen molar-refractivity contribution in [1.29, 1.82) is 0 Å². The van der Waals surface area contributed by atoms with Gasteiger partial charge >= 0.3 is 0 Å². The van der Waals surface area contributed by atoms with Crippen LogP contribution in [0.3, 0.4) is 0 Å². The van der Waals surface area contributed by atoms with E-state index in [2.05, 4.69) is 10.3 Å². The van der Waals surface area contributed by atoms with Gasteiger partial charge in [-0.05, 0) is 44.0 Å². The Morgan fingerprint density at radius 3 is 2.37 bits per heavy atom.